The molecule has 6 nitrogen and oxygen atoms in total. The van der Waals surface area contributed by atoms with Crippen LogP contribution in [0.2, 0.25) is 5.02 Å². The number of benzene rings is 2. The van der Waals surface area contributed by atoms with Crippen molar-refractivity contribution in [3.63, 3.8) is 0 Å². The molecule has 2 aromatic carbocycles. The molecule has 1 heterocycles. The van der Waals surface area contributed by atoms with E-state index >= 15 is 0 Å². The molecule has 0 saturated heterocycles. The molecule has 31 heavy (non-hydrogen) atoms. The van der Waals surface area contributed by atoms with Crippen molar-refractivity contribution in [2.24, 2.45) is 0 Å². The van der Waals surface area contributed by atoms with Crippen LogP contribution in [-0.4, -0.2) is 26.4 Å². The SMILES string of the molecule is CCn1c(SCC(=O)Nc2cccc(C)c2C)nnc1C(C)Oc1ccc(F)cc1Cl. The summed E-state index contributed by atoms with van der Waals surface area (Å²) in [6.07, 6.45) is -0.464. The van der Waals surface area contributed by atoms with E-state index in [1.165, 1.54) is 30.0 Å². The molecule has 1 unspecified atom stereocenters. The summed E-state index contributed by atoms with van der Waals surface area (Å²) in [6.45, 7) is 8.37. The number of nitrogens with one attached hydrogen (secondary N) is 1. The second-order valence-electron chi connectivity index (χ2n) is 7.00. The highest BCUT2D eigenvalue weighted by atomic mass is 35.5. The second kappa shape index (κ2) is 10.2. The van der Waals surface area contributed by atoms with Crippen molar-refractivity contribution >= 4 is 35.0 Å². The standard InChI is InChI=1S/C22H24ClFN4O2S/c1-5-28-21(15(4)30-19-10-9-16(24)11-17(19)23)26-27-22(28)31-12-20(29)25-18-8-6-7-13(2)14(18)3/h6-11,15H,5,12H2,1-4H3,(H,25,29). The Morgan fingerprint density at radius 2 is 2.06 bits per heavy atom. The number of rotatable bonds is 8. The van der Waals surface area contributed by atoms with E-state index in [0.29, 0.717) is 23.3 Å². The fraction of sp³-hybridized carbons (Fsp3) is 0.318. The Bertz CT molecular complexity index is 1090. The number of aryl methyl sites for hydroxylation is 1. The average molecular weight is 463 g/mol. The zero-order valence-electron chi connectivity index (χ0n) is 17.8. The summed E-state index contributed by atoms with van der Waals surface area (Å²) in [6, 6.07) is 9.77. The van der Waals surface area contributed by atoms with Gasteiger partial charge in [0.2, 0.25) is 5.91 Å². The highest BCUT2D eigenvalue weighted by molar-refractivity contribution is 7.99. The number of hydrogen-bond donors (Lipinski definition) is 1. The molecule has 1 aromatic heterocycles. The fourth-order valence-electron chi connectivity index (χ4n) is 3.02. The summed E-state index contributed by atoms with van der Waals surface area (Å²) in [4.78, 5) is 12.4. The number of anilines is 1. The first-order valence-electron chi connectivity index (χ1n) is 9.83. The summed E-state index contributed by atoms with van der Waals surface area (Å²) < 4.78 is 21.0. The van der Waals surface area contributed by atoms with Crippen LogP contribution in [0.1, 0.15) is 36.9 Å². The number of thioether (sulfide) groups is 1. The van der Waals surface area contributed by atoms with Crippen LogP contribution in [0.5, 0.6) is 5.75 Å². The minimum absolute atomic E-state index is 0.117. The van der Waals surface area contributed by atoms with Crippen LogP contribution in [0.4, 0.5) is 10.1 Å². The molecule has 0 saturated carbocycles. The molecule has 3 rings (SSSR count). The van der Waals surface area contributed by atoms with Crippen LogP contribution in [0.15, 0.2) is 41.6 Å². The molecule has 0 radical (unpaired) electrons. The molecular formula is C22H24ClFN4O2S. The van der Waals surface area contributed by atoms with Gasteiger partial charge in [0.25, 0.3) is 0 Å². The number of hydrogen-bond acceptors (Lipinski definition) is 5. The third-order valence-electron chi connectivity index (χ3n) is 4.83. The molecule has 1 amide bonds. The third kappa shape index (κ3) is 5.57. The maximum Gasteiger partial charge on any atom is 0.234 e. The summed E-state index contributed by atoms with van der Waals surface area (Å²) in [7, 11) is 0. The zero-order valence-corrected chi connectivity index (χ0v) is 19.4. The second-order valence-corrected chi connectivity index (χ2v) is 8.35. The molecule has 0 bridgehead atoms. The quantitative estimate of drug-likeness (QED) is 0.442. The van der Waals surface area contributed by atoms with Crippen molar-refractivity contribution in [2.75, 3.05) is 11.1 Å². The smallest absolute Gasteiger partial charge is 0.234 e. The molecule has 1 atom stereocenters. The lowest BCUT2D eigenvalue weighted by Crippen LogP contribution is -2.16. The largest absolute Gasteiger partial charge is 0.481 e. The van der Waals surface area contributed by atoms with E-state index in [1.807, 2.05) is 50.5 Å². The van der Waals surface area contributed by atoms with Gasteiger partial charge in [-0.15, -0.1) is 10.2 Å². The monoisotopic (exact) mass is 462 g/mol. The van der Waals surface area contributed by atoms with Crippen molar-refractivity contribution in [2.45, 2.75) is 45.5 Å². The van der Waals surface area contributed by atoms with Gasteiger partial charge in [0, 0.05) is 12.2 Å². The lowest BCUT2D eigenvalue weighted by atomic mass is 10.1. The Labute approximate surface area is 190 Å². The van der Waals surface area contributed by atoms with Gasteiger partial charge in [-0.1, -0.05) is 35.5 Å². The predicted molar refractivity (Wildman–Crippen MR) is 121 cm³/mol. The average Bonchev–Trinajstić information content (AvgIpc) is 3.15. The third-order valence-corrected chi connectivity index (χ3v) is 6.10. The number of ether oxygens (including phenoxy) is 1. The van der Waals surface area contributed by atoms with Gasteiger partial charge < -0.3 is 14.6 Å². The van der Waals surface area contributed by atoms with Crippen LogP contribution < -0.4 is 10.1 Å². The van der Waals surface area contributed by atoms with Gasteiger partial charge in [-0.25, -0.2) is 4.39 Å². The number of halogens is 2. The first-order chi connectivity index (χ1) is 14.8. The Kier molecular flexibility index (Phi) is 7.56. The number of carbonyl (C=O) groups is 1. The number of nitrogens with zero attached hydrogens (tertiary/aromatic N) is 3. The van der Waals surface area contributed by atoms with Crippen molar-refractivity contribution in [1.29, 1.82) is 0 Å². The molecule has 0 fully saturated rings. The summed E-state index contributed by atoms with van der Waals surface area (Å²) in [5, 5.41) is 12.2. The van der Waals surface area contributed by atoms with E-state index in [1.54, 1.807) is 0 Å². The lowest BCUT2D eigenvalue weighted by Gasteiger charge is -2.16. The topological polar surface area (TPSA) is 69.0 Å². The molecule has 0 aliphatic carbocycles. The minimum Gasteiger partial charge on any atom is -0.481 e. The first kappa shape index (κ1) is 23.1. The Morgan fingerprint density at radius 3 is 2.77 bits per heavy atom. The van der Waals surface area contributed by atoms with E-state index in [4.69, 9.17) is 16.3 Å². The number of carbonyl (C=O) groups excluding carboxylic acids is 1. The first-order valence-corrected chi connectivity index (χ1v) is 11.2. The van der Waals surface area contributed by atoms with Crippen molar-refractivity contribution in [3.8, 4) is 5.75 Å². The van der Waals surface area contributed by atoms with E-state index in [-0.39, 0.29) is 16.7 Å². The van der Waals surface area contributed by atoms with Gasteiger partial charge in [0.1, 0.15) is 11.6 Å². The Hall–Kier alpha value is -2.58. The molecule has 3 aromatic rings. The van der Waals surface area contributed by atoms with Gasteiger partial charge >= 0.3 is 0 Å². The summed E-state index contributed by atoms with van der Waals surface area (Å²) in [5.74, 6) is 0.612. The van der Waals surface area contributed by atoms with E-state index < -0.39 is 11.9 Å². The van der Waals surface area contributed by atoms with E-state index in [9.17, 15) is 9.18 Å². The van der Waals surface area contributed by atoms with E-state index in [2.05, 4.69) is 15.5 Å². The van der Waals surface area contributed by atoms with Crippen molar-refractivity contribution < 1.29 is 13.9 Å². The van der Waals surface area contributed by atoms with Crippen LogP contribution in [0.3, 0.4) is 0 Å². The number of amides is 1. The van der Waals surface area contributed by atoms with Crippen molar-refractivity contribution in [3.05, 3.63) is 64.2 Å². The fourth-order valence-corrected chi connectivity index (χ4v) is 4.04. The molecule has 1 N–H and O–H groups in total. The van der Waals surface area contributed by atoms with Gasteiger partial charge in [0.05, 0.1) is 10.8 Å². The minimum atomic E-state index is -0.464. The summed E-state index contributed by atoms with van der Waals surface area (Å²) >= 11 is 7.36. The highest BCUT2D eigenvalue weighted by Gasteiger charge is 2.20. The maximum atomic E-state index is 13.3. The molecule has 9 heteroatoms. The zero-order chi connectivity index (χ0) is 22.5. The van der Waals surface area contributed by atoms with Gasteiger partial charge in [-0.2, -0.15) is 0 Å². The predicted octanol–water partition coefficient (Wildman–Crippen LogP) is 5.58. The van der Waals surface area contributed by atoms with Gasteiger partial charge in [-0.05, 0) is 63.1 Å². The maximum absolute atomic E-state index is 13.3. The summed E-state index contributed by atoms with van der Waals surface area (Å²) in [5.41, 5.74) is 2.97. The Balaban J connectivity index is 1.66. The van der Waals surface area contributed by atoms with Crippen LogP contribution in [0.25, 0.3) is 0 Å². The normalized spacial score (nSPS) is 11.9. The van der Waals surface area contributed by atoms with Crippen LogP contribution >= 0.6 is 23.4 Å². The molecular weight excluding hydrogens is 439 g/mol. The molecule has 0 aliphatic heterocycles. The van der Waals surface area contributed by atoms with Crippen LogP contribution in [-0.2, 0) is 11.3 Å². The van der Waals surface area contributed by atoms with Crippen molar-refractivity contribution in [1.82, 2.24) is 14.8 Å². The lowest BCUT2D eigenvalue weighted by molar-refractivity contribution is -0.113. The van der Waals surface area contributed by atoms with Gasteiger partial charge in [-0.3, -0.25) is 4.79 Å². The number of aromatic nitrogens is 3. The highest BCUT2D eigenvalue weighted by Crippen LogP contribution is 2.30. The van der Waals surface area contributed by atoms with E-state index in [0.717, 1.165) is 16.8 Å². The molecule has 164 valence electrons. The molecule has 0 aliphatic rings. The van der Waals surface area contributed by atoms with Crippen LogP contribution in [0, 0.1) is 19.7 Å². The van der Waals surface area contributed by atoms with Gasteiger partial charge in [0.15, 0.2) is 17.1 Å². The molecule has 0 spiro atoms. The Morgan fingerprint density at radius 1 is 1.29 bits per heavy atom.